The van der Waals surface area contributed by atoms with Crippen LogP contribution in [0.3, 0.4) is 0 Å². The van der Waals surface area contributed by atoms with E-state index in [1.54, 1.807) is 0 Å². The molecule has 1 atom stereocenters. The molecule has 3 heteroatoms. The highest BCUT2D eigenvalue weighted by Gasteiger charge is 2.23. The maximum Gasteiger partial charge on any atom is 0.134 e. The van der Waals surface area contributed by atoms with Crippen LogP contribution in [0.4, 0.5) is 0 Å². The van der Waals surface area contributed by atoms with E-state index in [1.165, 1.54) is 10.9 Å². The number of benzene rings is 1. The molecule has 0 aliphatic carbocycles. The molecule has 0 bridgehead atoms. The normalized spacial score (nSPS) is 22.1. The second kappa shape index (κ2) is 4.17. The van der Waals surface area contributed by atoms with Crippen molar-refractivity contribution < 1.29 is 4.42 Å². The summed E-state index contributed by atoms with van der Waals surface area (Å²) >= 11 is 0. The zero-order chi connectivity index (χ0) is 11.8. The predicted octanol–water partition coefficient (Wildman–Crippen LogP) is 2.32. The zero-order valence-electron chi connectivity index (χ0n) is 10.4. The first-order valence-electron chi connectivity index (χ1n) is 6.15. The van der Waals surface area contributed by atoms with Crippen molar-refractivity contribution in [2.45, 2.75) is 13.0 Å². The fraction of sp³-hybridized carbons (Fsp3) is 0.429. The summed E-state index contributed by atoms with van der Waals surface area (Å²) in [5.74, 6) is 1.10. The van der Waals surface area contributed by atoms with E-state index in [1.807, 2.05) is 12.1 Å². The third-order valence-electron chi connectivity index (χ3n) is 3.58. The van der Waals surface area contributed by atoms with Gasteiger partial charge < -0.3 is 14.6 Å². The van der Waals surface area contributed by atoms with Gasteiger partial charge in [-0.25, -0.2) is 0 Å². The SMILES string of the molecule is Cc1c(C2CN(C)CCN2)oc2ccccc12. The number of likely N-dealkylation sites (N-methyl/N-ethyl adjacent to an activating group) is 1. The van der Waals surface area contributed by atoms with Gasteiger partial charge in [-0.15, -0.1) is 0 Å². The van der Waals surface area contributed by atoms with Gasteiger partial charge in [-0.2, -0.15) is 0 Å². The highest BCUT2D eigenvalue weighted by Crippen LogP contribution is 2.30. The molecule has 1 aliphatic rings. The Bertz CT molecular complexity index is 532. The minimum absolute atomic E-state index is 0.321. The third-order valence-corrected chi connectivity index (χ3v) is 3.58. The van der Waals surface area contributed by atoms with Gasteiger partial charge in [0.2, 0.25) is 0 Å². The lowest BCUT2D eigenvalue weighted by Gasteiger charge is -2.30. The van der Waals surface area contributed by atoms with Gasteiger partial charge in [0, 0.05) is 30.6 Å². The Labute approximate surface area is 101 Å². The van der Waals surface area contributed by atoms with Gasteiger partial charge in [-0.05, 0) is 20.0 Å². The van der Waals surface area contributed by atoms with E-state index in [2.05, 4.69) is 36.3 Å². The van der Waals surface area contributed by atoms with Crippen LogP contribution in [0.5, 0.6) is 0 Å². The van der Waals surface area contributed by atoms with E-state index in [4.69, 9.17) is 4.42 Å². The number of piperazine rings is 1. The molecule has 1 aliphatic heterocycles. The molecule has 17 heavy (non-hydrogen) atoms. The molecule has 3 rings (SSSR count). The molecule has 2 aromatic rings. The highest BCUT2D eigenvalue weighted by atomic mass is 16.3. The quantitative estimate of drug-likeness (QED) is 0.815. The fourth-order valence-electron chi connectivity index (χ4n) is 2.60. The Morgan fingerprint density at radius 3 is 2.94 bits per heavy atom. The van der Waals surface area contributed by atoms with E-state index < -0.39 is 0 Å². The molecule has 0 saturated carbocycles. The van der Waals surface area contributed by atoms with E-state index in [-0.39, 0.29) is 0 Å². The number of para-hydroxylation sites is 1. The van der Waals surface area contributed by atoms with Crippen molar-refractivity contribution in [3.63, 3.8) is 0 Å². The smallest absolute Gasteiger partial charge is 0.134 e. The van der Waals surface area contributed by atoms with E-state index in [9.17, 15) is 0 Å². The van der Waals surface area contributed by atoms with Crippen molar-refractivity contribution >= 4 is 11.0 Å². The molecule has 1 saturated heterocycles. The predicted molar refractivity (Wildman–Crippen MR) is 69.2 cm³/mol. The lowest BCUT2D eigenvalue weighted by atomic mass is 10.1. The first kappa shape index (κ1) is 10.8. The van der Waals surface area contributed by atoms with Crippen molar-refractivity contribution in [1.29, 1.82) is 0 Å². The standard InChI is InChI=1S/C14H18N2O/c1-10-11-5-3-4-6-13(11)17-14(10)12-9-16(2)8-7-15-12/h3-6,12,15H,7-9H2,1-2H3. The topological polar surface area (TPSA) is 28.4 Å². The summed E-state index contributed by atoms with van der Waals surface area (Å²) in [5, 5.41) is 4.77. The lowest BCUT2D eigenvalue weighted by Crippen LogP contribution is -2.43. The van der Waals surface area contributed by atoms with Gasteiger partial charge >= 0.3 is 0 Å². The summed E-state index contributed by atoms with van der Waals surface area (Å²) < 4.78 is 6.00. The molecule has 1 N–H and O–H groups in total. The van der Waals surface area contributed by atoms with Crippen LogP contribution in [0.2, 0.25) is 0 Å². The summed E-state index contributed by atoms with van der Waals surface area (Å²) in [6, 6.07) is 8.58. The van der Waals surface area contributed by atoms with E-state index in [0.717, 1.165) is 31.0 Å². The van der Waals surface area contributed by atoms with Crippen LogP contribution < -0.4 is 5.32 Å². The second-order valence-electron chi connectivity index (χ2n) is 4.86. The molecule has 1 aromatic carbocycles. The van der Waals surface area contributed by atoms with Gasteiger partial charge in [-0.3, -0.25) is 0 Å². The van der Waals surface area contributed by atoms with Gasteiger partial charge in [0.25, 0.3) is 0 Å². The van der Waals surface area contributed by atoms with Crippen molar-refractivity contribution in [2.24, 2.45) is 0 Å². The summed E-state index contributed by atoms with van der Waals surface area (Å²) in [5.41, 5.74) is 2.27. The maximum absolute atomic E-state index is 6.00. The number of fused-ring (bicyclic) bond motifs is 1. The Hall–Kier alpha value is -1.32. The molecule has 1 unspecified atom stereocenters. The minimum atomic E-state index is 0.321. The molecule has 90 valence electrons. The fourth-order valence-corrected chi connectivity index (χ4v) is 2.60. The zero-order valence-corrected chi connectivity index (χ0v) is 10.4. The summed E-state index contributed by atoms with van der Waals surface area (Å²) in [6.07, 6.45) is 0. The Balaban J connectivity index is 2.02. The summed E-state index contributed by atoms with van der Waals surface area (Å²) in [4.78, 5) is 2.34. The van der Waals surface area contributed by atoms with Gasteiger partial charge in [-0.1, -0.05) is 18.2 Å². The summed E-state index contributed by atoms with van der Waals surface area (Å²) in [6.45, 7) is 5.30. The molecule has 2 heterocycles. The minimum Gasteiger partial charge on any atom is -0.459 e. The van der Waals surface area contributed by atoms with Crippen LogP contribution in [0.25, 0.3) is 11.0 Å². The van der Waals surface area contributed by atoms with Crippen molar-refractivity contribution in [3.8, 4) is 0 Å². The molecule has 3 nitrogen and oxygen atoms in total. The maximum atomic E-state index is 6.00. The number of aryl methyl sites for hydroxylation is 1. The average molecular weight is 230 g/mol. The number of hydrogen-bond acceptors (Lipinski definition) is 3. The monoisotopic (exact) mass is 230 g/mol. The number of nitrogens with zero attached hydrogens (tertiary/aromatic N) is 1. The van der Waals surface area contributed by atoms with Crippen LogP contribution in [0.15, 0.2) is 28.7 Å². The van der Waals surface area contributed by atoms with Crippen molar-refractivity contribution in [2.75, 3.05) is 26.7 Å². The lowest BCUT2D eigenvalue weighted by molar-refractivity contribution is 0.224. The van der Waals surface area contributed by atoms with Gasteiger partial charge in [0.15, 0.2) is 0 Å². The number of furan rings is 1. The molecule has 1 fully saturated rings. The molecular weight excluding hydrogens is 212 g/mol. The van der Waals surface area contributed by atoms with Gasteiger partial charge in [0.1, 0.15) is 11.3 Å². The first-order chi connectivity index (χ1) is 8.25. The molecule has 1 aromatic heterocycles. The Morgan fingerprint density at radius 1 is 1.35 bits per heavy atom. The summed E-state index contributed by atoms with van der Waals surface area (Å²) in [7, 11) is 2.16. The highest BCUT2D eigenvalue weighted by molar-refractivity contribution is 5.82. The third kappa shape index (κ3) is 1.85. The van der Waals surface area contributed by atoms with Crippen LogP contribution in [0, 0.1) is 6.92 Å². The van der Waals surface area contributed by atoms with Gasteiger partial charge in [0.05, 0.1) is 6.04 Å². The van der Waals surface area contributed by atoms with Crippen LogP contribution in [0.1, 0.15) is 17.4 Å². The Morgan fingerprint density at radius 2 is 2.18 bits per heavy atom. The Kier molecular flexibility index (Phi) is 2.65. The number of rotatable bonds is 1. The van der Waals surface area contributed by atoms with Crippen LogP contribution in [-0.2, 0) is 0 Å². The average Bonchev–Trinajstić information content (AvgIpc) is 2.68. The first-order valence-corrected chi connectivity index (χ1v) is 6.15. The van der Waals surface area contributed by atoms with E-state index >= 15 is 0 Å². The number of nitrogens with one attached hydrogen (secondary N) is 1. The van der Waals surface area contributed by atoms with Crippen molar-refractivity contribution in [1.82, 2.24) is 10.2 Å². The van der Waals surface area contributed by atoms with Crippen LogP contribution >= 0.6 is 0 Å². The molecule has 0 spiro atoms. The van der Waals surface area contributed by atoms with Crippen molar-refractivity contribution in [3.05, 3.63) is 35.6 Å². The molecule has 0 amide bonds. The molecule has 0 radical (unpaired) electrons. The second-order valence-corrected chi connectivity index (χ2v) is 4.86. The largest absolute Gasteiger partial charge is 0.459 e. The van der Waals surface area contributed by atoms with E-state index in [0.29, 0.717) is 6.04 Å². The van der Waals surface area contributed by atoms with Crippen LogP contribution in [-0.4, -0.2) is 31.6 Å². The number of hydrogen-bond donors (Lipinski definition) is 1. The molecular formula is C14H18N2O.